The van der Waals surface area contributed by atoms with Gasteiger partial charge in [0, 0.05) is 16.3 Å². The quantitative estimate of drug-likeness (QED) is 0.178. The van der Waals surface area contributed by atoms with Crippen LogP contribution in [0.2, 0.25) is 0 Å². The average Bonchev–Trinajstić information content (AvgIpc) is 3.59. The second-order valence-electron chi connectivity index (χ2n) is 16.3. The molecule has 2 heterocycles. The third-order valence-corrected chi connectivity index (χ3v) is 11.9. The van der Waals surface area contributed by atoms with Crippen molar-refractivity contribution in [2.45, 2.75) is 33.9 Å². The SMILES string of the molecule is Cc1cc(C)cc(C2=NC(n3c4ccc(-c5ccccc5)cc4c4cc(-c5ccc6c7ccccc7c7ccccc7c6c5)ccc43)=NC(c3cc(C)cc(C)c3)N2)c1. The van der Waals surface area contributed by atoms with Crippen LogP contribution in [0.15, 0.2) is 180 Å². The average molecular weight is 759 g/mol. The lowest BCUT2D eigenvalue weighted by Gasteiger charge is -2.25. The standard InChI is InChI=1S/C55H42N4/c1-33-24-34(2)27-41(26-33)53-56-54(42-28-35(3)25-36(4)29-42)58-55(57-53)59-51-22-19-38(37-12-6-5-7-13-37)31-49(51)50-32-40(20-23-52(50)59)39-18-21-47-45-16-9-8-14-43(45)44-15-10-11-17-46(44)48(47)30-39/h5-32,53H,1-4H3,(H,56,57,58). The summed E-state index contributed by atoms with van der Waals surface area (Å²) in [5.41, 5.74) is 13.8. The predicted octanol–water partition coefficient (Wildman–Crippen LogP) is 13.8. The van der Waals surface area contributed by atoms with Gasteiger partial charge in [-0.2, -0.15) is 4.99 Å². The van der Waals surface area contributed by atoms with E-state index in [1.54, 1.807) is 0 Å². The van der Waals surface area contributed by atoms with Gasteiger partial charge in [-0.05, 0) is 130 Å². The number of aliphatic imine (C=N–C) groups is 2. The maximum atomic E-state index is 5.43. The van der Waals surface area contributed by atoms with Gasteiger partial charge in [0.1, 0.15) is 12.0 Å². The van der Waals surface area contributed by atoms with Crippen molar-refractivity contribution in [3.63, 3.8) is 0 Å². The van der Waals surface area contributed by atoms with Crippen molar-refractivity contribution >= 4 is 65.9 Å². The Balaban J connectivity index is 1.15. The summed E-state index contributed by atoms with van der Waals surface area (Å²) in [6.07, 6.45) is -0.323. The van der Waals surface area contributed by atoms with Gasteiger partial charge in [-0.3, -0.25) is 4.57 Å². The Bertz CT molecular complexity index is 3330. The molecule has 0 bridgehead atoms. The number of benzene rings is 9. The molecule has 0 radical (unpaired) electrons. The number of aromatic nitrogens is 1. The normalized spacial score (nSPS) is 14.3. The molecule has 1 aliphatic heterocycles. The number of nitrogens with one attached hydrogen (secondary N) is 1. The first-order valence-corrected chi connectivity index (χ1v) is 20.4. The maximum absolute atomic E-state index is 5.43. The van der Waals surface area contributed by atoms with Crippen LogP contribution in [0.25, 0.3) is 76.4 Å². The van der Waals surface area contributed by atoms with Crippen LogP contribution in [0.5, 0.6) is 0 Å². The van der Waals surface area contributed by atoms with E-state index in [-0.39, 0.29) is 6.17 Å². The zero-order valence-corrected chi connectivity index (χ0v) is 33.6. The molecule has 0 spiro atoms. The number of aryl methyl sites for hydroxylation is 4. The minimum absolute atomic E-state index is 0.323. The molecule has 59 heavy (non-hydrogen) atoms. The smallest absolute Gasteiger partial charge is 0.234 e. The zero-order valence-electron chi connectivity index (χ0n) is 33.6. The number of hydrogen-bond acceptors (Lipinski definition) is 3. The van der Waals surface area contributed by atoms with Crippen LogP contribution in [0.1, 0.15) is 39.5 Å². The molecule has 0 aliphatic carbocycles. The van der Waals surface area contributed by atoms with Gasteiger partial charge >= 0.3 is 0 Å². The molecule has 282 valence electrons. The number of amidine groups is 1. The van der Waals surface area contributed by atoms with Crippen LogP contribution >= 0.6 is 0 Å². The van der Waals surface area contributed by atoms with E-state index >= 15 is 0 Å². The highest BCUT2D eigenvalue weighted by molar-refractivity contribution is 6.26. The van der Waals surface area contributed by atoms with Crippen molar-refractivity contribution in [2.24, 2.45) is 9.98 Å². The molecule has 1 aromatic heterocycles. The highest BCUT2D eigenvalue weighted by atomic mass is 15.3. The molecule has 1 aliphatic rings. The molecule has 4 nitrogen and oxygen atoms in total. The monoisotopic (exact) mass is 758 g/mol. The summed E-state index contributed by atoms with van der Waals surface area (Å²) in [6, 6.07) is 62.2. The van der Waals surface area contributed by atoms with Gasteiger partial charge < -0.3 is 5.32 Å². The molecular weight excluding hydrogens is 717 g/mol. The van der Waals surface area contributed by atoms with E-state index in [9.17, 15) is 0 Å². The van der Waals surface area contributed by atoms with E-state index in [0.29, 0.717) is 5.96 Å². The molecular formula is C55H42N4. The summed E-state index contributed by atoms with van der Waals surface area (Å²) in [7, 11) is 0. The van der Waals surface area contributed by atoms with Crippen molar-refractivity contribution in [3.05, 3.63) is 203 Å². The van der Waals surface area contributed by atoms with E-state index in [1.807, 2.05) is 0 Å². The number of fused-ring (bicyclic) bond motifs is 9. The van der Waals surface area contributed by atoms with E-state index in [4.69, 9.17) is 9.98 Å². The van der Waals surface area contributed by atoms with Gasteiger partial charge in [0.15, 0.2) is 0 Å². The van der Waals surface area contributed by atoms with Crippen LogP contribution in [0, 0.1) is 27.7 Å². The second kappa shape index (κ2) is 13.7. The summed E-state index contributed by atoms with van der Waals surface area (Å²) in [4.78, 5) is 10.8. The van der Waals surface area contributed by atoms with Crippen LogP contribution in [0.4, 0.5) is 0 Å². The van der Waals surface area contributed by atoms with Gasteiger partial charge in [-0.15, -0.1) is 0 Å². The Morgan fingerprint density at radius 1 is 0.390 bits per heavy atom. The number of nitrogens with zero attached hydrogens (tertiary/aromatic N) is 3. The lowest BCUT2D eigenvalue weighted by molar-refractivity contribution is 0.667. The van der Waals surface area contributed by atoms with Crippen molar-refractivity contribution in [3.8, 4) is 22.3 Å². The van der Waals surface area contributed by atoms with Gasteiger partial charge in [0.05, 0.1) is 11.0 Å². The van der Waals surface area contributed by atoms with Crippen LogP contribution in [-0.2, 0) is 0 Å². The summed E-state index contributed by atoms with van der Waals surface area (Å²) >= 11 is 0. The first kappa shape index (κ1) is 34.9. The fourth-order valence-corrected chi connectivity index (χ4v) is 9.45. The summed E-state index contributed by atoms with van der Waals surface area (Å²) < 4.78 is 2.27. The highest BCUT2D eigenvalue weighted by Crippen LogP contribution is 2.40. The van der Waals surface area contributed by atoms with E-state index in [0.717, 1.165) is 38.8 Å². The first-order chi connectivity index (χ1) is 28.8. The van der Waals surface area contributed by atoms with Crippen LogP contribution in [-0.4, -0.2) is 16.4 Å². The lowest BCUT2D eigenvalue weighted by atomic mass is 9.92. The molecule has 0 saturated heterocycles. The molecule has 4 heteroatoms. The Kier molecular flexibility index (Phi) is 8.09. The third kappa shape index (κ3) is 5.99. The minimum atomic E-state index is -0.323. The van der Waals surface area contributed by atoms with Crippen molar-refractivity contribution in [2.75, 3.05) is 0 Å². The molecule has 10 aromatic rings. The maximum Gasteiger partial charge on any atom is 0.234 e. The molecule has 1 unspecified atom stereocenters. The molecule has 0 amide bonds. The van der Waals surface area contributed by atoms with E-state index in [2.05, 4.69) is 207 Å². The Hall–Kier alpha value is -7.30. The molecule has 1 atom stereocenters. The second-order valence-corrected chi connectivity index (χ2v) is 16.3. The fourth-order valence-electron chi connectivity index (χ4n) is 9.45. The van der Waals surface area contributed by atoms with Crippen LogP contribution < -0.4 is 5.32 Å². The molecule has 0 fully saturated rings. The summed E-state index contributed by atoms with van der Waals surface area (Å²) in [5.74, 6) is 1.47. The summed E-state index contributed by atoms with van der Waals surface area (Å²) in [6.45, 7) is 8.59. The largest absolute Gasteiger partial charge is 0.344 e. The highest BCUT2D eigenvalue weighted by Gasteiger charge is 2.25. The topological polar surface area (TPSA) is 41.7 Å². The van der Waals surface area contributed by atoms with E-state index < -0.39 is 0 Å². The van der Waals surface area contributed by atoms with Crippen molar-refractivity contribution < 1.29 is 0 Å². The molecule has 0 saturated carbocycles. The molecule has 9 aromatic carbocycles. The Morgan fingerprint density at radius 3 is 1.42 bits per heavy atom. The van der Waals surface area contributed by atoms with Crippen molar-refractivity contribution in [1.29, 1.82) is 0 Å². The Morgan fingerprint density at radius 2 is 0.847 bits per heavy atom. The van der Waals surface area contributed by atoms with Gasteiger partial charge in [-0.25, -0.2) is 4.99 Å². The summed E-state index contributed by atoms with van der Waals surface area (Å²) in [5, 5.41) is 13.7. The lowest BCUT2D eigenvalue weighted by Crippen LogP contribution is -2.35. The van der Waals surface area contributed by atoms with E-state index in [1.165, 1.54) is 76.8 Å². The fraction of sp³-hybridized carbons (Fsp3) is 0.0909. The minimum Gasteiger partial charge on any atom is -0.344 e. The first-order valence-electron chi connectivity index (χ1n) is 20.4. The third-order valence-electron chi connectivity index (χ3n) is 11.9. The Labute approximate surface area is 343 Å². The zero-order chi connectivity index (χ0) is 39.8. The molecule has 1 N–H and O–H groups in total. The van der Waals surface area contributed by atoms with Crippen molar-refractivity contribution in [1.82, 2.24) is 9.88 Å². The van der Waals surface area contributed by atoms with Crippen LogP contribution in [0.3, 0.4) is 0 Å². The predicted molar refractivity (Wildman–Crippen MR) is 250 cm³/mol. The molecule has 11 rings (SSSR count). The number of hydrogen-bond donors (Lipinski definition) is 1. The number of rotatable bonds is 4. The van der Waals surface area contributed by atoms with Gasteiger partial charge in [0.25, 0.3) is 0 Å². The van der Waals surface area contributed by atoms with Gasteiger partial charge in [-0.1, -0.05) is 150 Å². The van der Waals surface area contributed by atoms with Gasteiger partial charge in [0.2, 0.25) is 5.96 Å².